The molecule has 0 N–H and O–H groups in total. The summed E-state index contributed by atoms with van der Waals surface area (Å²) in [6, 6.07) is 26.4. The van der Waals surface area contributed by atoms with E-state index >= 15 is 0 Å². The molecule has 1 nitrogen and oxygen atoms in total. The van der Waals surface area contributed by atoms with Crippen LogP contribution in [0.5, 0.6) is 0 Å². The molecule has 0 aliphatic carbocycles. The zero-order valence-corrected chi connectivity index (χ0v) is 16.8. The number of thiophene rings is 2. The van der Waals surface area contributed by atoms with Crippen molar-refractivity contribution in [2.75, 3.05) is 11.9 Å². The molecule has 0 unspecified atom stereocenters. The standard InChI is InChI=1S/C23H21NS2/c1-16-4-14-22(25-16)18-6-10-20(11-7-18)24(3)21-12-8-19(9-13-21)23-15-5-17(2)26-23/h4-15H,1-3H3. The zero-order valence-electron chi connectivity index (χ0n) is 15.2. The van der Waals surface area contributed by atoms with Gasteiger partial charge in [-0.25, -0.2) is 0 Å². The predicted octanol–water partition coefficient (Wildman–Crippen LogP) is 7.53. The molecule has 0 spiro atoms. The maximum atomic E-state index is 2.23. The Morgan fingerprint density at radius 3 is 1.23 bits per heavy atom. The molecule has 0 amide bonds. The number of hydrogen-bond acceptors (Lipinski definition) is 3. The van der Waals surface area contributed by atoms with Gasteiger partial charge < -0.3 is 4.90 Å². The molecule has 0 aliphatic rings. The molecule has 3 heteroatoms. The van der Waals surface area contributed by atoms with Crippen molar-refractivity contribution in [1.82, 2.24) is 0 Å². The highest BCUT2D eigenvalue weighted by atomic mass is 32.1. The minimum Gasteiger partial charge on any atom is -0.345 e. The van der Waals surface area contributed by atoms with Gasteiger partial charge in [-0.15, -0.1) is 22.7 Å². The first-order valence-corrected chi connectivity index (χ1v) is 10.3. The summed E-state index contributed by atoms with van der Waals surface area (Å²) in [6.07, 6.45) is 0. The lowest BCUT2D eigenvalue weighted by molar-refractivity contribution is 1.21. The van der Waals surface area contributed by atoms with Crippen LogP contribution in [0.4, 0.5) is 11.4 Å². The Hall–Kier alpha value is -2.36. The summed E-state index contributed by atoms with van der Waals surface area (Å²) in [7, 11) is 2.12. The fourth-order valence-electron chi connectivity index (χ4n) is 3.03. The van der Waals surface area contributed by atoms with E-state index in [1.807, 2.05) is 22.7 Å². The number of nitrogens with zero attached hydrogens (tertiary/aromatic N) is 1. The minimum atomic E-state index is 1.20. The van der Waals surface area contributed by atoms with Gasteiger partial charge in [0, 0.05) is 37.9 Å². The Balaban J connectivity index is 1.54. The second kappa shape index (κ2) is 7.10. The van der Waals surface area contributed by atoms with Crippen LogP contribution in [-0.4, -0.2) is 7.05 Å². The van der Waals surface area contributed by atoms with Crippen molar-refractivity contribution < 1.29 is 0 Å². The van der Waals surface area contributed by atoms with Crippen LogP contribution in [0, 0.1) is 13.8 Å². The average Bonchev–Trinajstić information content (AvgIpc) is 3.30. The Morgan fingerprint density at radius 2 is 0.923 bits per heavy atom. The number of anilines is 2. The SMILES string of the molecule is Cc1ccc(-c2ccc(N(C)c3ccc(-c4ccc(C)s4)cc3)cc2)s1. The third-order valence-electron chi connectivity index (χ3n) is 4.56. The molecule has 26 heavy (non-hydrogen) atoms. The highest BCUT2D eigenvalue weighted by molar-refractivity contribution is 7.15. The largest absolute Gasteiger partial charge is 0.345 e. The van der Waals surface area contributed by atoms with Crippen LogP contribution in [0.2, 0.25) is 0 Å². The second-order valence-electron chi connectivity index (χ2n) is 6.47. The van der Waals surface area contributed by atoms with Gasteiger partial charge in [-0.1, -0.05) is 24.3 Å². The van der Waals surface area contributed by atoms with E-state index in [9.17, 15) is 0 Å². The first kappa shape index (κ1) is 17.1. The number of rotatable bonds is 4. The van der Waals surface area contributed by atoms with Gasteiger partial charge in [0.15, 0.2) is 0 Å². The molecule has 0 aliphatic heterocycles. The minimum absolute atomic E-state index is 1.20. The van der Waals surface area contributed by atoms with Crippen molar-refractivity contribution in [3.8, 4) is 20.9 Å². The number of benzene rings is 2. The van der Waals surface area contributed by atoms with Crippen LogP contribution < -0.4 is 4.90 Å². The van der Waals surface area contributed by atoms with Crippen molar-refractivity contribution in [2.24, 2.45) is 0 Å². The molecular formula is C23H21NS2. The summed E-state index contributed by atoms with van der Waals surface area (Å²) in [5.74, 6) is 0. The van der Waals surface area contributed by atoms with Gasteiger partial charge in [-0.2, -0.15) is 0 Å². The lowest BCUT2D eigenvalue weighted by Gasteiger charge is -2.20. The molecule has 0 atom stereocenters. The van der Waals surface area contributed by atoms with Gasteiger partial charge in [0.1, 0.15) is 0 Å². The van der Waals surface area contributed by atoms with E-state index in [0.717, 1.165) is 0 Å². The summed E-state index contributed by atoms with van der Waals surface area (Å²) in [4.78, 5) is 7.58. The van der Waals surface area contributed by atoms with Crippen molar-refractivity contribution >= 4 is 34.0 Å². The van der Waals surface area contributed by atoms with E-state index in [4.69, 9.17) is 0 Å². The van der Waals surface area contributed by atoms with Crippen molar-refractivity contribution in [2.45, 2.75) is 13.8 Å². The predicted molar refractivity (Wildman–Crippen MR) is 117 cm³/mol. The van der Waals surface area contributed by atoms with Crippen LogP contribution in [0.3, 0.4) is 0 Å². The third kappa shape index (κ3) is 3.46. The summed E-state index contributed by atoms with van der Waals surface area (Å²) < 4.78 is 0. The van der Waals surface area contributed by atoms with E-state index in [1.165, 1.54) is 42.0 Å². The average molecular weight is 376 g/mol. The molecule has 130 valence electrons. The summed E-state index contributed by atoms with van der Waals surface area (Å²) >= 11 is 3.68. The van der Waals surface area contributed by atoms with E-state index in [-0.39, 0.29) is 0 Å². The van der Waals surface area contributed by atoms with Crippen LogP contribution in [0.15, 0.2) is 72.8 Å². The molecular weight excluding hydrogens is 354 g/mol. The third-order valence-corrected chi connectivity index (χ3v) is 6.66. The normalized spacial score (nSPS) is 10.9. The van der Waals surface area contributed by atoms with Gasteiger partial charge in [0.25, 0.3) is 0 Å². The number of hydrogen-bond donors (Lipinski definition) is 0. The van der Waals surface area contributed by atoms with E-state index in [2.05, 4.69) is 98.6 Å². The first-order valence-electron chi connectivity index (χ1n) is 8.68. The van der Waals surface area contributed by atoms with Crippen LogP contribution in [0.1, 0.15) is 9.75 Å². The molecule has 0 radical (unpaired) electrons. The Morgan fingerprint density at radius 1 is 0.538 bits per heavy atom. The lowest BCUT2D eigenvalue weighted by atomic mass is 10.1. The second-order valence-corrected chi connectivity index (χ2v) is 9.05. The van der Waals surface area contributed by atoms with Gasteiger partial charge in [0.2, 0.25) is 0 Å². The summed E-state index contributed by atoms with van der Waals surface area (Å²) in [5.41, 5.74) is 4.95. The van der Waals surface area contributed by atoms with Gasteiger partial charge in [0.05, 0.1) is 0 Å². The maximum Gasteiger partial charge on any atom is 0.0408 e. The smallest absolute Gasteiger partial charge is 0.0408 e. The fourth-order valence-corrected chi connectivity index (χ4v) is 4.77. The molecule has 2 aromatic carbocycles. The zero-order chi connectivity index (χ0) is 18.1. The molecule has 0 saturated heterocycles. The van der Waals surface area contributed by atoms with E-state index in [1.54, 1.807) is 0 Å². The van der Waals surface area contributed by atoms with Gasteiger partial charge in [-0.3, -0.25) is 0 Å². The van der Waals surface area contributed by atoms with Crippen molar-refractivity contribution in [3.63, 3.8) is 0 Å². The van der Waals surface area contributed by atoms with Gasteiger partial charge in [-0.05, 0) is 73.5 Å². The highest BCUT2D eigenvalue weighted by Gasteiger charge is 2.07. The molecule has 2 aromatic heterocycles. The van der Waals surface area contributed by atoms with Crippen LogP contribution >= 0.6 is 22.7 Å². The van der Waals surface area contributed by atoms with E-state index < -0.39 is 0 Å². The number of aryl methyl sites for hydroxylation is 2. The van der Waals surface area contributed by atoms with Crippen LogP contribution in [0.25, 0.3) is 20.9 Å². The topological polar surface area (TPSA) is 3.24 Å². The molecule has 4 rings (SSSR count). The fraction of sp³-hybridized carbons (Fsp3) is 0.130. The van der Waals surface area contributed by atoms with Crippen LogP contribution in [-0.2, 0) is 0 Å². The Kier molecular flexibility index (Phi) is 4.66. The Bertz CT molecular complexity index is 923. The van der Waals surface area contributed by atoms with Gasteiger partial charge >= 0.3 is 0 Å². The van der Waals surface area contributed by atoms with E-state index in [0.29, 0.717) is 0 Å². The highest BCUT2D eigenvalue weighted by Crippen LogP contribution is 2.33. The molecule has 0 saturated carbocycles. The maximum absolute atomic E-state index is 2.23. The lowest BCUT2D eigenvalue weighted by Crippen LogP contribution is -2.08. The molecule has 2 heterocycles. The summed E-state index contributed by atoms with van der Waals surface area (Å²) in [6.45, 7) is 4.30. The molecule has 0 fully saturated rings. The summed E-state index contributed by atoms with van der Waals surface area (Å²) in [5, 5.41) is 0. The van der Waals surface area contributed by atoms with Crippen molar-refractivity contribution in [1.29, 1.82) is 0 Å². The monoisotopic (exact) mass is 375 g/mol. The molecule has 0 bridgehead atoms. The Labute approximate surface area is 163 Å². The first-order chi connectivity index (χ1) is 12.6. The molecule has 4 aromatic rings. The quantitative estimate of drug-likeness (QED) is 0.356. The van der Waals surface area contributed by atoms with Crippen molar-refractivity contribution in [3.05, 3.63) is 82.6 Å².